The van der Waals surface area contributed by atoms with Gasteiger partial charge >= 0.3 is 0 Å². The van der Waals surface area contributed by atoms with Gasteiger partial charge in [0, 0.05) is 19.2 Å². The van der Waals surface area contributed by atoms with Crippen molar-refractivity contribution in [1.29, 1.82) is 0 Å². The molecule has 25 heavy (non-hydrogen) atoms. The van der Waals surface area contributed by atoms with Crippen LogP contribution in [-0.4, -0.2) is 62.6 Å². The summed E-state index contributed by atoms with van der Waals surface area (Å²) in [6.07, 6.45) is -0.0295. The summed E-state index contributed by atoms with van der Waals surface area (Å²) >= 11 is 0. The number of morpholine rings is 1. The standard InChI is InChI=1S/C16H24N6O3/c1-10-7-15(20-25-10)18-16(23)11(2)21-5-6-24-14(8-21)9-22-13(4)17-12(3)19-22/h7,11,14H,5-6,8-9H2,1-4H3,(H,18,20,23). The molecule has 1 amide bonds. The van der Waals surface area contributed by atoms with Crippen molar-refractivity contribution in [3.8, 4) is 0 Å². The van der Waals surface area contributed by atoms with Crippen LogP contribution in [0.5, 0.6) is 0 Å². The van der Waals surface area contributed by atoms with Crippen molar-refractivity contribution in [1.82, 2.24) is 24.8 Å². The zero-order valence-corrected chi connectivity index (χ0v) is 15.0. The summed E-state index contributed by atoms with van der Waals surface area (Å²) in [6.45, 7) is 10.0. The summed E-state index contributed by atoms with van der Waals surface area (Å²) in [7, 11) is 0. The van der Waals surface area contributed by atoms with E-state index in [9.17, 15) is 4.79 Å². The van der Waals surface area contributed by atoms with Crippen molar-refractivity contribution in [3.63, 3.8) is 0 Å². The molecule has 1 fully saturated rings. The number of ether oxygens (including phenoxy) is 1. The fourth-order valence-corrected chi connectivity index (χ4v) is 2.95. The highest BCUT2D eigenvalue weighted by atomic mass is 16.5. The minimum atomic E-state index is -0.290. The summed E-state index contributed by atoms with van der Waals surface area (Å²) in [6, 6.07) is 1.41. The van der Waals surface area contributed by atoms with Gasteiger partial charge in [-0.25, -0.2) is 9.67 Å². The molecule has 9 heteroatoms. The van der Waals surface area contributed by atoms with Crippen LogP contribution in [0.15, 0.2) is 10.6 Å². The number of aromatic nitrogens is 4. The van der Waals surface area contributed by atoms with Crippen LogP contribution in [0.3, 0.4) is 0 Å². The molecular weight excluding hydrogens is 324 g/mol. The fourth-order valence-electron chi connectivity index (χ4n) is 2.95. The number of hydrogen-bond donors (Lipinski definition) is 1. The molecule has 3 rings (SSSR count). The number of nitrogens with one attached hydrogen (secondary N) is 1. The number of aryl methyl sites for hydroxylation is 3. The van der Waals surface area contributed by atoms with Gasteiger partial charge in [-0.05, 0) is 27.7 Å². The monoisotopic (exact) mass is 348 g/mol. The van der Waals surface area contributed by atoms with E-state index in [0.717, 1.165) is 11.6 Å². The van der Waals surface area contributed by atoms with E-state index < -0.39 is 0 Å². The summed E-state index contributed by atoms with van der Waals surface area (Å²) in [4.78, 5) is 18.9. The number of nitrogens with zero attached hydrogens (tertiary/aromatic N) is 5. The molecule has 0 spiro atoms. The Labute approximate surface area is 146 Å². The highest BCUT2D eigenvalue weighted by Gasteiger charge is 2.29. The number of anilines is 1. The number of carbonyl (C=O) groups excluding carboxylic acids is 1. The Morgan fingerprint density at radius 2 is 2.24 bits per heavy atom. The van der Waals surface area contributed by atoms with Crippen molar-refractivity contribution in [2.45, 2.75) is 46.4 Å². The molecule has 0 aromatic carbocycles. The minimum absolute atomic E-state index is 0.0295. The van der Waals surface area contributed by atoms with Crippen LogP contribution in [0.25, 0.3) is 0 Å². The molecule has 0 bridgehead atoms. The number of amides is 1. The Morgan fingerprint density at radius 1 is 1.44 bits per heavy atom. The first kappa shape index (κ1) is 17.6. The molecule has 1 N–H and O–H groups in total. The molecule has 136 valence electrons. The van der Waals surface area contributed by atoms with Gasteiger partial charge in [-0.15, -0.1) is 0 Å². The topological polar surface area (TPSA) is 98.3 Å². The highest BCUT2D eigenvalue weighted by molar-refractivity contribution is 5.93. The Bertz CT molecular complexity index is 740. The van der Waals surface area contributed by atoms with Crippen LogP contribution in [0.2, 0.25) is 0 Å². The van der Waals surface area contributed by atoms with Gasteiger partial charge < -0.3 is 14.6 Å². The Kier molecular flexibility index (Phi) is 5.14. The van der Waals surface area contributed by atoms with Crippen molar-refractivity contribution in [3.05, 3.63) is 23.5 Å². The average Bonchev–Trinajstić information content (AvgIpc) is 3.11. The van der Waals surface area contributed by atoms with Crippen LogP contribution < -0.4 is 5.32 Å². The smallest absolute Gasteiger partial charge is 0.242 e. The second-order valence-corrected chi connectivity index (χ2v) is 6.36. The van der Waals surface area contributed by atoms with Crippen molar-refractivity contribution in [2.24, 2.45) is 0 Å². The molecule has 0 aliphatic carbocycles. The minimum Gasteiger partial charge on any atom is -0.374 e. The molecule has 0 saturated carbocycles. The highest BCUT2D eigenvalue weighted by Crippen LogP contribution is 2.14. The third kappa shape index (κ3) is 4.23. The predicted molar refractivity (Wildman–Crippen MR) is 90.1 cm³/mol. The Balaban J connectivity index is 1.58. The molecule has 2 aromatic heterocycles. The third-order valence-electron chi connectivity index (χ3n) is 4.32. The molecule has 3 heterocycles. The van der Waals surface area contributed by atoms with Gasteiger partial charge in [0.15, 0.2) is 5.82 Å². The van der Waals surface area contributed by atoms with E-state index in [1.807, 2.05) is 25.5 Å². The van der Waals surface area contributed by atoms with Crippen LogP contribution in [0.4, 0.5) is 5.82 Å². The van der Waals surface area contributed by atoms with E-state index in [0.29, 0.717) is 37.8 Å². The number of carbonyl (C=O) groups is 1. The van der Waals surface area contributed by atoms with Crippen LogP contribution in [-0.2, 0) is 16.1 Å². The van der Waals surface area contributed by atoms with E-state index in [1.165, 1.54) is 0 Å². The maximum atomic E-state index is 12.4. The zero-order chi connectivity index (χ0) is 18.0. The van der Waals surface area contributed by atoms with Gasteiger partial charge in [0.05, 0.1) is 25.3 Å². The van der Waals surface area contributed by atoms with Crippen molar-refractivity contribution < 1.29 is 14.1 Å². The lowest BCUT2D eigenvalue weighted by Crippen LogP contribution is -2.51. The molecule has 1 aliphatic heterocycles. The van der Waals surface area contributed by atoms with E-state index in [-0.39, 0.29) is 18.1 Å². The molecule has 9 nitrogen and oxygen atoms in total. The second kappa shape index (κ2) is 7.32. The molecule has 1 aliphatic rings. The van der Waals surface area contributed by atoms with E-state index in [1.54, 1.807) is 13.0 Å². The van der Waals surface area contributed by atoms with Gasteiger partial charge in [-0.3, -0.25) is 9.69 Å². The third-order valence-corrected chi connectivity index (χ3v) is 4.32. The lowest BCUT2D eigenvalue weighted by Gasteiger charge is -2.36. The van der Waals surface area contributed by atoms with Crippen LogP contribution >= 0.6 is 0 Å². The summed E-state index contributed by atoms with van der Waals surface area (Å²) in [5.41, 5.74) is 0. The molecule has 2 unspecified atom stereocenters. The van der Waals surface area contributed by atoms with Crippen LogP contribution in [0, 0.1) is 20.8 Å². The normalized spacial score (nSPS) is 19.8. The summed E-state index contributed by atoms with van der Waals surface area (Å²) in [5, 5.41) is 11.0. The molecular formula is C16H24N6O3. The van der Waals surface area contributed by atoms with Gasteiger partial charge in [0.2, 0.25) is 5.91 Å². The van der Waals surface area contributed by atoms with Gasteiger partial charge in [0.1, 0.15) is 17.4 Å². The first-order valence-corrected chi connectivity index (χ1v) is 8.40. The molecule has 0 radical (unpaired) electrons. The Hall–Kier alpha value is -2.26. The molecule has 2 atom stereocenters. The SMILES string of the molecule is Cc1nc(C)n(CC2CN(C(C)C(=O)Nc3cc(C)on3)CCO2)n1. The van der Waals surface area contributed by atoms with Crippen molar-refractivity contribution in [2.75, 3.05) is 25.0 Å². The maximum absolute atomic E-state index is 12.4. The average molecular weight is 348 g/mol. The predicted octanol–water partition coefficient (Wildman–Crippen LogP) is 0.919. The number of hydrogen-bond acceptors (Lipinski definition) is 7. The maximum Gasteiger partial charge on any atom is 0.242 e. The van der Waals surface area contributed by atoms with Gasteiger partial charge in [-0.1, -0.05) is 5.16 Å². The first-order chi connectivity index (χ1) is 11.9. The zero-order valence-electron chi connectivity index (χ0n) is 15.0. The Morgan fingerprint density at radius 3 is 2.88 bits per heavy atom. The fraction of sp³-hybridized carbons (Fsp3) is 0.625. The first-order valence-electron chi connectivity index (χ1n) is 8.40. The van der Waals surface area contributed by atoms with Gasteiger partial charge in [0.25, 0.3) is 0 Å². The van der Waals surface area contributed by atoms with Crippen LogP contribution in [0.1, 0.15) is 24.3 Å². The lowest BCUT2D eigenvalue weighted by atomic mass is 10.2. The summed E-state index contributed by atoms with van der Waals surface area (Å²) < 4.78 is 12.7. The summed E-state index contributed by atoms with van der Waals surface area (Å²) in [5.74, 6) is 2.61. The van der Waals surface area contributed by atoms with Crippen molar-refractivity contribution >= 4 is 11.7 Å². The lowest BCUT2D eigenvalue weighted by molar-refractivity contribution is -0.124. The molecule has 2 aromatic rings. The van der Waals surface area contributed by atoms with E-state index in [2.05, 4.69) is 25.5 Å². The largest absolute Gasteiger partial charge is 0.374 e. The number of rotatable bonds is 5. The molecule has 1 saturated heterocycles. The van der Waals surface area contributed by atoms with E-state index >= 15 is 0 Å². The quantitative estimate of drug-likeness (QED) is 0.858. The van der Waals surface area contributed by atoms with E-state index in [4.69, 9.17) is 9.26 Å². The second-order valence-electron chi connectivity index (χ2n) is 6.36. The van der Waals surface area contributed by atoms with Gasteiger partial charge in [-0.2, -0.15) is 5.10 Å².